The van der Waals surface area contributed by atoms with Crippen LogP contribution in [0.15, 0.2) is 0 Å². The maximum atomic E-state index is 12.2. The van der Waals surface area contributed by atoms with E-state index in [0.717, 1.165) is 44.9 Å². The first-order valence-corrected chi connectivity index (χ1v) is 14.0. The lowest BCUT2D eigenvalue weighted by molar-refractivity contribution is -0.235. The van der Waals surface area contributed by atoms with Crippen LogP contribution in [0.5, 0.6) is 0 Å². The van der Waals surface area contributed by atoms with Gasteiger partial charge in [-0.1, -0.05) is 20.8 Å². The van der Waals surface area contributed by atoms with Crippen molar-refractivity contribution in [1.29, 1.82) is 0 Å². The van der Waals surface area contributed by atoms with Crippen LogP contribution in [0.3, 0.4) is 0 Å². The molecule has 4 saturated carbocycles. The van der Waals surface area contributed by atoms with Crippen LogP contribution in [0.2, 0.25) is 0 Å². The summed E-state index contributed by atoms with van der Waals surface area (Å²) in [4.78, 5) is 35.6. The molecule has 4 fully saturated rings. The minimum Gasteiger partial charge on any atom is -0.469 e. The van der Waals surface area contributed by atoms with Crippen molar-refractivity contribution in [2.45, 2.75) is 111 Å². The first kappa shape index (κ1) is 27.4. The second-order valence-electron chi connectivity index (χ2n) is 12.8. The number of rotatable bonds is 6. The van der Waals surface area contributed by atoms with E-state index in [1.165, 1.54) is 21.0 Å². The Morgan fingerprint density at radius 1 is 0.917 bits per heavy atom. The molecule has 36 heavy (non-hydrogen) atoms. The van der Waals surface area contributed by atoms with E-state index in [0.29, 0.717) is 36.5 Å². The predicted molar refractivity (Wildman–Crippen MR) is 134 cm³/mol. The molecule has 0 heterocycles. The third-order valence-electron chi connectivity index (χ3n) is 11.1. The maximum Gasteiger partial charge on any atom is 0.305 e. The van der Waals surface area contributed by atoms with Gasteiger partial charge in [-0.3, -0.25) is 14.4 Å². The topological polar surface area (TPSA) is 99.1 Å². The quantitative estimate of drug-likeness (QED) is 0.412. The van der Waals surface area contributed by atoms with Gasteiger partial charge in [-0.25, -0.2) is 0 Å². The lowest BCUT2D eigenvalue weighted by Gasteiger charge is -2.64. The van der Waals surface area contributed by atoms with Crippen molar-refractivity contribution in [2.24, 2.45) is 46.3 Å². The third-order valence-corrected chi connectivity index (χ3v) is 11.1. The number of fused-ring (bicyclic) bond motifs is 5. The van der Waals surface area contributed by atoms with E-state index in [2.05, 4.69) is 20.8 Å². The largest absolute Gasteiger partial charge is 0.469 e. The average Bonchev–Trinajstić information content (AvgIpc) is 3.17. The Labute approximate surface area is 216 Å². The number of methoxy groups -OCH3 is 1. The van der Waals surface area contributed by atoms with E-state index in [4.69, 9.17) is 14.2 Å². The summed E-state index contributed by atoms with van der Waals surface area (Å²) in [5.74, 6) is 0.862. The van der Waals surface area contributed by atoms with Crippen molar-refractivity contribution in [3.8, 4) is 0 Å². The molecule has 0 saturated heterocycles. The summed E-state index contributed by atoms with van der Waals surface area (Å²) in [6.07, 6.45) is 6.46. The number of hydrogen-bond acceptors (Lipinski definition) is 7. The molecule has 7 nitrogen and oxygen atoms in total. The zero-order valence-corrected chi connectivity index (χ0v) is 23.0. The summed E-state index contributed by atoms with van der Waals surface area (Å²) in [6.45, 7) is 9.85. The molecule has 4 aliphatic rings. The summed E-state index contributed by atoms with van der Waals surface area (Å²) in [5.41, 5.74) is 0.0210. The average molecular weight is 507 g/mol. The second-order valence-corrected chi connectivity index (χ2v) is 12.8. The Hall–Kier alpha value is -1.63. The van der Waals surface area contributed by atoms with E-state index in [9.17, 15) is 19.5 Å². The van der Waals surface area contributed by atoms with Crippen LogP contribution in [0.25, 0.3) is 0 Å². The van der Waals surface area contributed by atoms with Gasteiger partial charge >= 0.3 is 17.9 Å². The number of ether oxygens (including phenoxy) is 3. The van der Waals surface area contributed by atoms with Crippen molar-refractivity contribution in [3.63, 3.8) is 0 Å². The molecule has 0 aromatic rings. The van der Waals surface area contributed by atoms with E-state index < -0.39 is 12.2 Å². The summed E-state index contributed by atoms with van der Waals surface area (Å²) in [5, 5.41) is 11.9. The fraction of sp³-hybridized carbons (Fsp3) is 0.897. The maximum absolute atomic E-state index is 12.2. The van der Waals surface area contributed by atoms with Crippen LogP contribution in [0.1, 0.15) is 92.4 Å². The first-order valence-electron chi connectivity index (χ1n) is 14.0. The second kappa shape index (κ2) is 10.3. The summed E-state index contributed by atoms with van der Waals surface area (Å²) < 4.78 is 16.4. The summed E-state index contributed by atoms with van der Waals surface area (Å²) in [6, 6.07) is 0. The molecule has 0 radical (unpaired) electrons. The van der Waals surface area contributed by atoms with Crippen molar-refractivity contribution < 1.29 is 33.7 Å². The molecular weight excluding hydrogens is 460 g/mol. The van der Waals surface area contributed by atoms with Crippen molar-refractivity contribution in [2.75, 3.05) is 7.11 Å². The molecule has 204 valence electrons. The number of carbonyl (C=O) groups excluding carboxylic acids is 3. The minimum absolute atomic E-state index is 0.0312. The molecule has 4 rings (SSSR count). The summed E-state index contributed by atoms with van der Waals surface area (Å²) in [7, 11) is 1.44. The Kier molecular flexibility index (Phi) is 7.81. The molecule has 0 aliphatic heterocycles. The lowest BCUT2D eigenvalue weighted by atomic mass is 9.43. The van der Waals surface area contributed by atoms with Crippen molar-refractivity contribution in [3.05, 3.63) is 0 Å². The van der Waals surface area contributed by atoms with Gasteiger partial charge in [0.2, 0.25) is 0 Å². The summed E-state index contributed by atoms with van der Waals surface area (Å²) >= 11 is 0. The molecular formula is C29H46O7. The normalized spacial score (nSPS) is 44.4. The van der Waals surface area contributed by atoms with Crippen LogP contribution in [0.4, 0.5) is 0 Å². The fourth-order valence-electron chi connectivity index (χ4n) is 9.50. The molecule has 1 N–H and O–H groups in total. The first-order chi connectivity index (χ1) is 16.9. The molecule has 0 aromatic carbocycles. The van der Waals surface area contributed by atoms with Gasteiger partial charge in [-0.05, 0) is 91.8 Å². The molecule has 11 unspecified atom stereocenters. The molecule has 7 heteroatoms. The van der Waals surface area contributed by atoms with Gasteiger partial charge in [0.1, 0.15) is 12.2 Å². The SMILES string of the molecule is COC(=O)CCC(C)C1CCC2C3C(O)C(OC(C)=O)C4CC(OC(C)=O)CCC4(C)C3CCC12C. The van der Waals surface area contributed by atoms with Gasteiger partial charge in [-0.15, -0.1) is 0 Å². The third kappa shape index (κ3) is 4.69. The van der Waals surface area contributed by atoms with Crippen LogP contribution >= 0.6 is 0 Å². The number of carbonyl (C=O) groups is 3. The van der Waals surface area contributed by atoms with Crippen LogP contribution in [-0.4, -0.2) is 48.4 Å². The van der Waals surface area contributed by atoms with Gasteiger partial charge < -0.3 is 19.3 Å². The zero-order chi connectivity index (χ0) is 26.4. The van der Waals surface area contributed by atoms with E-state index in [1.54, 1.807) is 0 Å². The highest BCUT2D eigenvalue weighted by Gasteiger charge is 2.66. The monoisotopic (exact) mass is 506 g/mol. The molecule has 0 bridgehead atoms. The number of esters is 3. The van der Waals surface area contributed by atoms with E-state index >= 15 is 0 Å². The van der Waals surface area contributed by atoms with Gasteiger partial charge in [-0.2, -0.15) is 0 Å². The molecule has 0 amide bonds. The highest BCUT2D eigenvalue weighted by Crippen LogP contribution is 2.68. The van der Waals surface area contributed by atoms with Gasteiger partial charge in [0.15, 0.2) is 0 Å². The highest BCUT2D eigenvalue weighted by atomic mass is 16.6. The fourth-order valence-corrected chi connectivity index (χ4v) is 9.50. The van der Waals surface area contributed by atoms with Gasteiger partial charge in [0, 0.05) is 26.2 Å². The minimum atomic E-state index is -0.721. The van der Waals surface area contributed by atoms with Crippen LogP contribution in [-0.2, 0) is 28.6 Å². The van der Waals surface area contributed by atoms with Crippen molar-refractivity contribution in [1.82, 2.24) is 0 Å². The van der Waals surface area contributed by atoms with E-state index in [1.807, 2.05) is 0 Å². The number of aliphatic hydroxyl groups is 1. The van der Waals surface area contributed by atoms with Gasteiger partial charge in [0.05, 0.1) is 13.2 Å². The number of hydrogen-bond donors (Lipinski definition) is 1. The Morgan fingerprint density at radius 3 is 2.19 bits per heavy atom. The number of aliphatic hydroxyl groups excluding tert-OH is 1. The lowest BCUT2D eigenvalue weighted by Crippen LogP contribution is -2.65. The smallest absolute Gasteiger partial charge is 0.305 e. The highest BCUT2D eigenvalue weighted by molar-refractivity contribution is 5.69. The van der Waals surface area contributed by atoms with E-state index in [-0.39, 0.29) is 46.7 Å². The molecule has 0 aromatic heterocycles. The van der Waals surface area contributed by atoms with Crippen LogP contribution in [0, 0.1) is 46.3 Å². The van der Waals surface area contributed by atoms with Crippen molar-refractivity contribution >= 4 is 17.9 Å². The molecule has 11 atom stereocenters. The zero-order valence-electron chi connectivity index (χ0n) is 23.0. The van der Waals surface area contributed by atoms with Crippen LogP contribution < -0.4 is 0 Å². The van der Waals surface area contributed by atoms with Gasteiger partial charge in [0.25, 0.3) is 0 Å². The molecule has 0 spiro atoms. The molecule has 4 aliphatic carbocycles. The standard InChI is InChI=1S/C29H46O7/c1-16(7-10-24(32)34-6)20-8-9-21-25-22(12-14-28(20,21)4)29(5)13-11-19(35-17(2)30)15-23(29)27(26(25)33)36-18(3)31/h16,19-23,25-27,33H,7-15H2,1-6H3. The Balaban J connectivity index is 1.61. The Bertz CT molecular complexity index is 857. The Morgan fingerprint density at radius 2 is 1.56 bits per heavy atom. The predicted octanol–water partition coefficient (Wildman–Crippen LogP) is 4.68.